The lowest BCUT2D eigenvalue weighted by Gasteiger charge is -2.38. The van der Waals surface area contributed by atoms with Gasteiger partial charge in [0.2, 0.25) is 0 Å². The second-order valence-electron chi connectivity index (χ2n) is 7.67. The molecule has 1 heterocycles. The van der Waals surface area contributed by atoms with Crippen molar-refractivity contribution in [3.63, 3.8) is 0 Å². The molecule has 0 aromatic heterocycles. The number of hydrogen-bond donors (Lipinski definition) is 2. The quantitative estimate of drug-likeness (QED) is 0.552. The summed E-state index contributed by atoms with van der Waals surface area (Å²) in [6.07, 6.45) is 0. The van der Waals surface area contributed by atoms with Crippen LogP contribution in [0.3, 0.4) is 0 Å². The van der Waals surface area contributed by atoms with E-state index in [0.29, 0.717) is 35.1 Å². The molecular weight excluding hydrogens is 442 g/mol. The largest absolute Gasteiger partial charge is 0.497 e. The molecule has 1 fully saturated rings. The molecule has 3 aromatic rings. The molecule has 3 aromatic carbocycles. The maximum atomic E-state index is 12.5. The van der Waals surface area contributed by atoms with Crippen molar-refractivity contribution in [2.45, 2.75) is 0 Å². The lowest BCUT2D eigenvalue weighted by atomic mass is 10.1. The van der Waals surface area contributed by atoms with E-state index in [0.717, 1.165) is 24.5 Å². The van der Waals surface area contributed by atoms with Gasteiger partial charge in [-0.05, 0) is 54.6 Å². The molecule has 0 radical (unpaired) electrons. The molecule has 170 valence electrons. The Bertz CT molecular complexity index is 1160. The fourth-order valence-electron chi connectivity index (χ4n) is 3.88. The third kappa shape index (κ3) is 5.21. The molecule has 0 spiro atoms. The minimum Gasteiger partial charge on any atom is -0.497 e. The number of ether oxygens (including phenoxy) is 1. The molecular formula is C25H24ClN3O4. The molecule has 1 saturated heterocycles. The Labute approximate surface area is 197 Å². The second-order valence-corrected chi connectivity index (χ2v) is 8.11. The summed E-state index contributed by atoms with van der Waals surface area (Å²) < 4.78 is 5.31. The number of nitrogens with zero attached hydrogens (tertiary/aromatic N) is 2. The van der Waals surface area contributed by atoms with Crippen LogP contribution in [-0.2, 0) is 0 Å². The molecule has 4 rings (SSSR count). The molecule has 33 heavy (non-hydrogen) atoms. The van der Waals surface area contributed by atoms with Crippen molar-refractivity contribution in [3.8, 4) is 5.75 Å². The van der Waals surface area contributed by atoms with E-state index >= 15 is 0 Å². The minimum atomic E-state index is -1.04. The first-order valence-electron chi connectivity index (χ1n) is 10.5. The van der Waals surface area contributed by atoms with Crippen molar-refractivity contribution in [3.05, 3.63) is 82.9 Å². The van der Waals surface area contributed by atoms with Crippen LogP contribution in [0.5, 0.6) is 5.75 Å². The average molecular weight is 466 g/mol. The van der Waals surface area contributed by atoms with Gasteiger partial charge in [-0.2, -0.15) is 0 Å². The monoisotopic (exact) mass is 465 g/mol. The average Bonchev–Trinajstić information content (AvgIpc) is 2.84. The Morgan fingerprint density at radius 2 is 1.64 bits per heavy atom. The van der Waals surface area contributed by atoms with Gasteiger partial charge in [-0.15, -0.1) is 0 Å². The molecule has 0 unspecified atom stereocenters. The number of benzene rings is 3. The first-order valence-corrected chi connectivity index (χ1v) is 10.9. The van der Waals surface area contributed by atoms with E-state index in [2.05, 4.69) is 15.1 Å². The van der Waals surface area contributed by atoms with Gasteiger partial charge in [0.05, 0.1) is 18.4 Å². The van der Waals surface area contributed by atoms with Crippen LogP contribution < -0.4 is 19.9 Å². The zero-order valence-electron chi connectivity index (χ0n) is 18.1. The normalized spacial score (nSPS) is 13.5. The predicted molar refractivity (Wildman–Crippen MR) is 130 cm³/mol. The highest BCUT2D eigenvalue weighted by Crippen LogP contribution is 2.28. The standard InChI is InChI=1S/C25H24ClN3O4/c1-33-21-4-2-3-20(16-21)28-11-13-29(14-12-28)23-10-9-19(15-22(23)25(31)32)27-24(30)17-5-7-18(26)8-6-17/h2-10,15-16H,11-14H2,1H3,(H,27,30)(H,31,32). The summed E-state index contributed by atoms with van der Waals surface area (Å²) in [6, 6.07) is 19.4. The van der Waals surface area contributed by atoms with Crippen molar-refractivity contribution in [1.82, 2.24) is 0 Å². The summed E-state index contributed by atoms with van der Waals surface area (Å²) in [5.41, 5.74) is 2.73. The molecule has 7 nitrogen and oxygen atoms in total. The number of methoxy groups -OCH3 is 1. The third-order valence-corrected chi connectivity index (χ3v) is 5.88. The van der Waals surface area contributed by atoms with E-state index in [1.165, 1.54) is 6.07 Å². The Morgan fingerprint density at radius 1 is 0.939 bits per heavy atom. The Hall–Kier alpha value is -3.71. The van der Waals surface area contributed by atoms with Crippen molar-refractivity contribution in [2.75, 3.05) is 48.4 Å². The summed E-state index contributed by atoms with van der Waals surface area (Å²) in [5, 5.41) is 13.1. The van der Waals surface area contributed by atoms with E-state index in [4.69, 9.17) is 16.3 Å². The van der Waals surface area contributed by atoms with Gasteiger partial charge in [-0.3, -0.25) is 4.79 Å². The van der Waals surface area contributed by atoms with Gasteiger partial charge < -0.3 is 25.0 Å². The summed E-state index contributed by atoms with van der Waals surface area (Å²) in [4.78, 5) is 28.8. The molecule has 1 amide bonds. The van der Waals surface area contributed by atoms with E-state index in [-0.39, 0.29) is 11.5 Å². The number of nitrogens with one attached hydrogen (secondary N) is 1. The van der Waals surface area contributed by atoms with Crippen LogP contribution in [0.25, 0.3) is 0 Å². The topological polar surface area (TPSA) is 82.1 Å². The predicted octanol–water partition coefficient (Wildman–Crippen LogP) is 4.63. The minimum absolute atomic E-state index is 0.152. The number of hydrogen-bond acceptors (Lipinski definition) is 5. The van der Waals surface area contributed by atoms with Crippen molar-refractivity contribution < 1.29 is 19.4 Å². The number of carbonyl (C=O) groups excluding carboxylic acids is 1. The van der Waals surface area contributed by atoms with Gasteiger partial charge in [0, 0.05) is 54.2 Å². The first-order chi connectivity index (χ1) is 15.9. The van der Waals surface area contributed by atoms with Crippen molar-refractivity contribution >= 4 is 40.5 Å². The summed E-state index contributed by atoms with van der Waals surface area (Å²) >= 11 is 5.87. The molecule has 8 heteroatoms. The van der Waals surface area contributed by atoms with E-state index in [1.807, 2.05) is 24.3 Å². The van der Waals surface area contributed by atoms with Crippen LogP contribution in [0.15, 0.2) is 66.7 Å². The van der Waals surface area contributed by atoms with Gasteiger partial charge >= 0.3 is 5.97 Å². The molecule has 1 aliphatic rings. The van der Waals surface area contributed by atoms with Gasteiger partial charge in [0.1, 0.15) is 5.75 Å². The molecule has 0 saturated carbocycles. The highest BCUT2D eigenvalue weighted by atomic mass is 35.5. The zero-order chi connectivity index (χ0) is 23.4. The zero-order valence-corrected chi connectivity index (χ0v) is 18.9. The number of piperazine rings is 1. The maximum absolute atomic E-state index is 12.5. The number of rotatable bonds is 6. The molecule has 0 aliphatic carbocycles. The number of anilines is 3. The summed E-state index contributed by atoms with van der Waals surface area (Å²) in [5.74, 6) is -0.565. The number of carboxylic acid groups (broad SMARTS) is 1. The Kier molecular flexibility index (Phi) is 6.70. The van der Waals surface area contributed by atoms with Crippen molar-refractivity contribution in [1.29, 1.82) is 0 Å². The third-order valence-electron chi connectivity index (χ3n) is 5.63. The summed E-state index contributed by atoms with van der Waals surface area (Å²) in [6.45, 7) is 2.85. The van der Waals surface area contributed by atoms with E-state index in [9.17, 15) is 14.7 Å². The van der Waals surface area contributed by atoms with Crippen LogP contribution in [0, 0.1) is 0 Å². The Morgan fingerprint density at radius 3 is 2.30 bits per heavy atom. The molecule has 0 bridgehead atoms. The number of amides is 1. The molecule has 0 atom stereocenters. The lowest BCUT2D eigenvalue weighted by Crippen LogP contribution is -2.47. The van der Waals surface area contributed by atoms with E-state index in [1.54, 1.807) is 43.5 Å². The van der Waals surface area contributed by atoms with Crippen molar-refractivity contribution in [2.24, 2.45) is 0 Å². The number of aromatic carboxylic acids is 1. The number of carboxylic acids is 1. The number of carbonyl (C=O) groups is 2. The van der Waals surface area contributed by atoms with Crippen LogP contribution in [0.2, 0.25) is 5.02 Å². The van der Waals surface area contributed by atoms with E-state index < -0.39 is 5.97 Å². The van der Waals surface area contributed by atoms with Gasteiger partial charge in [-0.25, -0.2) is 4.79 Å². The fourth-order valence-corrected chi connectivity index (χ4v) is 4.00. The number of halogens is 1. The SMILES string of the molecule is COc1cccc(N2CCN(c3ccc(NC(=O)c4ccc(Cl)cc4)cc3C(=O)O)CC2)c1. The highest BCUT2D eigenvalue weighted by Gasteiger charge is 2.22. The van der Waals surface area contributed by atoms with Crippen LogP contribution in [0.1, 0.15) is 20.7 Å². The van der Waals surface area contributed by atoms with Crippen LogP contribution in [-0.4, -0.2) is 50.3 Å². The fraction of sp³-hybridized carbons (Fsp3) is 0.200. The molecule has 2 N–H and O–H groups in total. The maximum Gasteiger partial charge on any atom is 0.337 e. The molecule has 1 aliphatic heterocycles. The van der Waals surface area contributed by atoms with Gasteiger partial charge in [0.15, 0.2) is 0 Å². The van der Waals surface area contributed by atoms with Crippen LogP contribution in [0.4, 0.5) is 17.1 Å². The van der Waals surface area contributed by atoms with Gasteiger partial charge in [-0.1, -0.05) is 17.7 Å². The smallest absolute Gasteiger partial charge is 0.337 e. The van der Waals surface area contributed by atoms with Crippen LogP contribution >= 0.6 is 11.6 Å². The lowest BCUT2D eigenvalue weighted by molar-refractivity contribution is 0.0697. The second kappa shape index (κ2) is 9.83. The van der Waals surface area contributed by atoms with Gasteiger partial charge in [0.25, 0.3) is 5.91 Å². The Balaban J connectivity index is 1.47. The summed E-state index contributed by atoms with van der Waals surface area (Å²) in [7, 11) is 1.64. The first kappa shape index (κ1) is 22.5. The highest BCUT2D eigenvalue weighted by molar-refractivity contribution is 6.30.